The van der Waals surface area contributed by atoms with Crippen LogP contribution in [-0.4, -0.2) is 29.8 Å². The quantitative estimate of drug-likeness (QED) is 0.488. The summed E-state index contributed by atoms with van der Waals surface area (Å²) in [6.07, 6.45) is -1.17. The maximum absolute atomic E-state index is 10.7. The van der Waals surface area contributed by atoms with E-state index in [0.29, 0.717) is 33.6 Å². The number of hydrogen-bond acceptors (Lipinski definition) is 6. The summed E-state index contributed by atoms with van der Waals surface area (Å²) in [6, 6.07) is 12.2. The number of halogens is 2. The van der Waals surface area contributed by atoms with E-state index in [9.17, 15) is 14.7 Å². The van der Waals surface area contributed by atoms with Crippen molar-refractivity contribution in [3.8, 4) is 0 Å². The monoisotopic (exact) mass is 435 g/mol. The van der Waals surface area contributed by atoms with Crippen molar-refractivity contribution < 1.29 is 54.1 Å². The molecule has 0 aliphatic heterocycles. The van der Waals surface area contributed by atoms with Gasteiger partial charge < -0.3 is 25.1 Å². The Morgan fingerprint density at radius 3 is 2.18 bits per heavy atom. The Bertz CT molecular complexity index is 766. The van der Waals surface area contributed by atoms with E-state index in [1.165, 1.54) is 6.92 Å². The van der Waals surface area contributed by atoms with Gasteiger partial charge in [-0.25, -0.2) is 4.79 Å². The third kappa shape index (κ3) is 9.28. The zero-order valence-electron chi connectivity index (χ0n) is 15.9. The Balaban J connectivity index is 0.000000694. The Kier molecular flexibility index (Phi) is 13.2. The number of aliphatic carboxylic acids is 1. The van der Waals surface area contributed by atoms with Crippen molar-refractivity contribution in [2.75, 3.05) is 11.9 Å². The first-order valence-electron chi connectivity index (χ1n) is 8.09. The molecule has 0 spiro atoms. The Morgan fingerprint density at radius 1 is 1.14 bits per heavy atom. The zero-order valence-corrected chi connectivity index (χ0v) is 19.4. The predicted molar refractivity (Wildman–Crippen MR) is 103 cm³/mol. The number of benzene rings is 2. The zero-order chi connectivity index (χ0) is 20.4. The Labute approximate surface area is 196 Å². The summed E-state index contributed by atoms with van der Waals surface area (Å²) in [5.74, 6) is -1.70. The van der Waals surface area contributed by atoms with Crippen molar-refractivity contribution in [3.05, 3.63) is 58.1 Å². The molecule has 0 fully saturated rings. The van der Waals surface area contributed by atoms with E-state index in [-0.39, 0.29) is 36.0 Å². The van der Waals surface area contributed by atoms with Crippen molar-refractivity contribution in [1.29, 1.82) is 0 Å². The summed E-state index contributed by atoms with van der Waals surface area (Å²) in [5, 5.41) is 23.2. The molecule has 2 aromatic rings. The molecule has 146 valence electrons. The standard InChI is InChI=1S/C14H11Cl2NO2.C5H10O3.Na/c15-10-5-3-6-11(16)14(10)17-12-7-2-1-4-9(12)8-13(18)19;1-3-8-5(7)4(2)6;/h1-7,17H,8H2,(H,18,19);4,6H,3H2,1-2H3;/q;;+1/p-1. The fourth-order valence-corrected chi connectivity index (χ4v) is 2.46. The number of ether oxygens (including phenoxy) is 1. The van der Waals surface area contributed by atoms with E-state index in [1.54, 1.807) is 49.4 Å². The minimum Gasteiger partial charge on any atom is -0.550 e. The minimum atomic E-state index is -1.14. The van der Waals surface area contributed by atoms with Gasteiger partial charge in [-0.1, -0.05) is 47.5 Å². The molecule has 0 aliphatic carbocycles. The van der Waals surface area contributed by atoms with Crippen LogP contribution in [0.3, 0.4) is 0 Å². The maximum atomic E-state index is 10.7. The first-order chi connectivity index (χ1) is 12.8. The van der Waals surface area contributed by atoms with Gasteiger partial charge in [-0.3, -0.25) is 0 Å². The fraction of sp³-hybridized carbons (Fsp3) is 0.263. The summed E-state index contributed by atoms with van der Waals surface area (Å²) < 4.78 is 4.41. The van der Waals surface area contributed by atoms with E-state index in [0.717, 1.165) is 0 Å². The first kappa shape index (κ1) is 26.7. The number of anilines is 2. The van der Waals surface area contributed by atoms with E-state index in [1.807, 2.05) is 0 Å². The Hall–Kier alpha value is -1.28. The summed E-state index contributed by atoms with van der Waals surface area (Å²) in [7, 11) is 0. The number of carbonyl (C=O) groups is 2. The maximum Gasteiger partial charge on any atom is 1.00 e. The summed E-state index contributed by atoms with van der Waals surface area (Å²) in [6.45, 7) is 3.39. The van der Waals surface area contributed by atoms with Crippen molar-refractivity contribution >= 4 is 46.5 Å². The molecule has 2 aromatic carbocycles. The van der Waals surface area contributed by atoms with Gasteiger partial charge in [-0.15, -0.1) is 0 Å². The van der Waals surface area contributed by atoms with Gasteiger partial charge in [0.05, 0.1) is 22.3 Å². The molecule has 28 heavy (non-hydrogen) atoms. The number of para-hydroxylation sites is 2. The normalized spacial score (nSPS) is 10.6. The molecule has 0 aromatic heterocycles. The van der Waals surface area contributed by atoms with Gasteiger partial charge >= 0.3 is 35.5 Å². The minimum absolute atomic E-state index is 0. The van der Waals surface area contributed by atoms with Gasteiger partial charge in [0.2, 0.25) is 0 Å². The van der Waals surface area contributed by atoms with Crippen LogP contribution in [0, 0.1) is 0 Å². The Morgan fingerprint density at radius 2 is 1.71 bits per heavy atom. The molecule has 0 bridgehead atoms. The fourth-order valence-electron chi connectivity index (χ4n) is 1.97. The second kappa shape index (κ2) is 13.8. The molecular formula is C19H20Cl2NNaO5. The second-order valence-electron chi connectivity index (χ2n) is 5.36. The molecule has 0 saturated heterocycles. The molecule has 1 atom stereocenters. The molecule has 0 radical (unpaired) electrons. The summed E-state index contributed by atoms with van der Waals surface area (Å²) in [4.78, 5) is 21.0. The van der Waals surface area contributed by atoms with E-state index in [2.05, 4.69) is 10.1 Å². The van der Waals surface area contributed by atoms with E-state index in [4.69, 9.17) is 28.3 Å². The number of carboxylic acids is 1. The van der Waals surface area contributed by atoms with E-state index >= 15 is 0 Å². The molecule has 0 heterocycles. The molecule has 0 amide bonds. The molecule has 0 saturated carbocycles. The molecular weight excluding hydrogens is 416 g/mol. The van der Waals surface area contributed by atoms with Gasteiger partial charge in [0, 0.05) is 18.1 Å². The molecule has 9 heteroatoms. The molecule has 0 aliphatic rings. The van der Waals surface area contributed by atoms with Crippen LogP contribution in [-0.2, 0) is 20.7 Å². The van der Waals surface area contributed by atoms with Crippen molar-refractivity contribution in [1.82, 2.24) is 0 Å². The van der Waals surface area contributed by atoms with Crippen LogP contribution >= 0.6 is 23.2 Å². The summed E-state index contributed by atoms with van der Waals surface area (Å²) in [5.41, 5.74) is 1.80. The number of aliphatic hydroxyl groups excluding tert-OH is 1. The molecule has 2 rings (SSSR count). The van der Waals surface area contributed by atoms with Gasteiger partial charge in [0.1, 0.15) is 6.10 Å². The SMILES string of the molecule is CCOC(=O)C(C)O.O=C([O-])Cc1ccccc1Nc1c(Cl)cccc1Cl.[Na+]. The number of carboxylic acid groups (broad SMARTS) is 1. The third-order valence-corrected chi connectivity index (χ3v) is 3.83. The van der Waals surface area contributed by atoms with Gasteiger partial charge in [-0.05, 0) is 37.6 Å². The smallest absolute Gasteiger partial charge is 0.550 e. The van der Waals surface area contributed by atoms with Crippen molar-refractivity contribution in [2.24, 2.45) is 0 Å². The van der Waals surface area contributed by atoms with Crippen LogP contribution in [0.4, 0.5) is 11.4 Å². The third-order valence-electron chi connectivity index (χ3n) is 3.20. The first-order valence-corrected chi connectivity index (χ1v) is 8.85. The van der Waals surface area contributed by atoms with Crippen LogP contribution in [0.25, 0.3) is 0 Å². The molecule has 2 N–H and O–H groups in total. The van der Waals surface area contributed by atoms with Gasteiger partial charge in [0.15, 0.2) is 0 Å². The second-order valence-corrected chi connectivity index (χ2v) is 6.17. The molecule has 6 nitrogen and oxygen atoms in total. The largest absolute Gasteiger partial charge is 1.00 e. The van der Waals surface area contributed by atoms with E-state index < -0.39 is 18.0 Å². The van der Waals surface area contributed by atoms with Gasteiger partial charge in [0.25, 0.3) is 0 Å². The van der Waals surface area contributed by atoms with Crippen LogP contribution in [0.2, 0.25) is 10.0 Å². The van der Waals surface area contributed by atoms with Gasteiger partial charge in [-0.2, -0.15) is 0 Å². The topological polar surface area (TPSA) is 98.7 Å². The number of nitrogens with one attached hydrogen (secondary N) is 1. The van der Waals surface area contributed by atoms with Crippen LogP contribution in [0.5, 0.6) is 0 Å². The predicted octanol–water partition coefficient (Wildman–Crippen LogP) is -0.0363. The average Bonchev–Trinajstić information content (AvgIpc) is 2.60. The number of hydrogen-bond donors (Lipinski definition) is 2. The number of aliphatic hydroxyl groups is 1. The van der Waals surface area contributed by atoms with Crippen LogP contribution < -0.4 is 40.0 Å². The average molecular weight is 436 g/mol. The number of esters is 1. The van der Waals surface area contributed by atoms with Crippen LogP contribution in [0.15, 0.2) is 42.5 Å². The van der Waals surface area contributed by atoms with Crippen molar-refractivity contribution in [2.45, 2.75) is 26.4 Å². The molecule has 1 unspecified atom stereocenters. The van der Waals surface area contributed by atoms with Crippen LogP contribution in [0.1, 0.15) is 19.4 Å². The number of rotatable bonds is 6. The summed E-state index contributed by atoms with van der Waals surface area (Å²) >= 11 is 12.1. The number of carbonyl (C=O) groups excluding carboxylic acids is 2. The van der Waals surface area contributed by atoms with Crippen molar-refractivity contribution in [3.63, 3.8) is 0 Å².